The first-order chi connectivity index (χ1) is 12.0. The Balaban J connectivity index is 1.86. The zero-order valence-corrected chi connectivity index (χ0v) is 15.3. The topological polar surface area (TPSA) is 75.4 Å². The lowest BCUT2D eigenvalue weighted by Gasteiger charge is -2.34. The summed E-state index contributed by atoms with van der Waals surface area (Å²) in [5, 5.41) is 14.1. The van der Waals surface area contributed by atoms with Crippen LogP contribution in [0.25, 0.3) is 5.69 Å². The molecule has 1 saturated heterocycles. The monoisotopic (exact) mass is 379 g/mol. The van der Waals surface area contributed by atoms with E-state index in [0.717, 1.165) is 11.4 Å². The van der Waals surface area contributed by atoms with E-state index in [-0.39, 0.29) is 18.4 Å². The largest absolute Gasteiger partial charge is 0.481 e. The summed E-state index contributed by atoms with van der Waals surface area (Å²) in [4.78, 5) is 25.7. The van der Waals surface area contributed by atoms with Gasteiger partial charge in [-0.1, -0.05) is 11.6 Å². The van der Waals surface area contributed by atoms with E-state index in [2.05, 4.69) is 5.10 Å². The van der Waals surface area contributed by atoms with E-state index < -0.39 is 5.97 Å². The summed E-state index contributed by atoms with van der Waals surface area (Å²) in [6, 6.07) is 6.89. The smallest absolute Gasteiger partial charge is 0.305 e. The van der Waals surface area contributed by atoms with Gasteiger partial charge in [0, 0.05) is 29.3 Å². The van der Waals surface area contributed by atoms with Crippen molar-refractivity contribution in [3.63, 3.8) is 0 Å². The summed E-state index contributed by atoms with van der Waals surface area (Å²) in [6.45, 7) is 2.33. The van der Waals surface area contributed by atoms with Crippen LogP contribution in [0.5, 0.6) is 0 Å². The maximum absolute atomic E-state index is 13.0. The van der Waals surface area contributed by atoms with Crippen LogP contribution in [-0.4, -0.2) is 55.8 Å². The number of aliphatic carboxylic acids is 1. The third kappa shape index (κ3) is 3.99. The van der Waals surface area contributed by atoms with Gasteiger partial charge in [-0.2, -0.15) is 16.9 Å². The minimum atomic E-state index is -0.890. The van der Waals surface area contributed by atoms with Crippen LogP contribution in [0.2, 0.25) is 5.02 Å². The van der Waals surface area contributed by atoms with Crippen molar-refractivity contribution < 1.29 is 14.7 Å². The number of benzene rings is 1. The van der Waals surface area contributed by atoms with Crippen molar-refractivity contribution in [3.05, 3.63) is 46.7 Å². The van der Waals surface area contributed by atoms with E-state index in [1.165, 1.54) is 0 Å². The number of carbonyl (C=O) groups is 2. The predicted molar refractivity (Wildman–Crippen MR) is 97.7 cm³/mol. The van der Waals surface area contributed by atoms with E-state index in [9.17, 15) is 9.59 Å². The Morgan fingerprint density at radius 3 is 2.76 bits per heavy atom. The first-order valence-electron chi connectivity index (χ1n) is 7.88. The van der Waals surface area contributed by atoms with Gasteiger partial charge in [-0.05, 0) is 31.2 Å². The Hall–Kier alpha value is -1.99. The average Bonchev–Trinajstić information content (AvgIpc) is 2.96. The van der Waals surface area contributed by atoms with Gasteiger partial charge in [0.25, 0.3) is 5.91 Å². The second-order valence-corrected chi connectivity index (χ2v) is 7.46. The van der Waals surface area contributed by atoms with Gasteiger partial charge in [0.15, 0.2) is 0 Å². The molecule has 6 nitrogen and oxygen atoms in total. The van der Waals surface area contributed by atoms with E-state index in [1.807, 2.05) is 12.1 Å². The molecule has 1 aliphatic heterocycles. The molecule has 1 aliphatic rings. The molecule has 8 heteroatoms. The van der Waals surface area contributed by atoms with Gasteiger partial charge in [0.1, 0.15) is 0 Å². The Bertz CT molecular complexity index is 791. The maximum atomic E-state index is 13.0. The number of nitrogens with zero attached hydrogens (tertiary/aromatic N) is 3. The molecule has 1 atom stereocenters. The molecule has 0 radical (unpaired) electrons. The molecule has 2 heterocycles. The lowest BCUT2D eigenvalue weighted by atomic mass is 10.1. The van der Waals surface area contributed by atoms with Crippen LogP contribution in [-0.2, 0) is 4.79 Å². The molecule has 1 aromatic carbocycles. The molecule has 1 aromatic heterocycles. The SMILES string of the molecule is Cc1nn(-c2ccc(Cl)cc2)cc1C(=O)N1CCSCC1CC(=O)O. The standard InChI is InChI=1S/C17H18ClN3O3S/c1-11-15(9-21(19-11)13-4-2-12(18)3-5-13)17(24)20-6-7-25-10-14(20)8-16(22)23/h2-5,9,14H,6-8,10H2,1H3,(H,22,23). The van der Waals surface area contributed by atoms with Gasteiger partial charge in [-0.15, -0.1) is 0 Å². The van der Waals surface area contributed by atoms with Crippen molar-refractivity contribution in [2.45, 2.75) is 19.4 Å². The van der Waals surface area contributed by atoms with Crippen molar-refractivity contribution in [1.82, 2.24) is 14.7 Å². The predicted octanol–water partition coefficient (Wildman–Crippen LogP) is 2.87. The molecule has 1 N–H and O–H groups in total. The lowest BCUT2D eigenvalue weighted by molar-refractivity contribution is -0.138. The molecule has 0 spiro atoms. The first kappa shape index (κ1) is 17.8. The molecule has 25 heavy (non-hydrogen) atoms. The highest BCUT2D eigenvalue weighted by Gasteiger charge is 2.31. The molecule has 132 valence electrons. The number of aromatic nitrogens is 2. The Kier molecular flexibility index (Phi) is 5.34. The molecular formula is C17H18ClN3O3S. The number of carboxylic acid groups (broad SMARTS) is 1. The molecule has 1 unspecified atom stereocenters. The Morgan fingerprint density at radius 1 is 1.36 bits per heavy atom. The van der Waals surface area contributed by atoms with Crippen LogP contribution < -0.4 is 0 Å². The van der Waals surface area contributed by atoms with Crippen molar-refractivity contribution >= 4 is 35.2 Å². The van der Waals surface area contributed by atoms with E-state index in [1.54, 1.807) is 46.6 Å². The summed E-state index contributed by atoms with van der Waals surface area (Å²) >= 11 is 7.58. The molecule has 2 aromatic rings. The number of thioether (sulfide) groups is 1. The van der Waals surface area contributed by atoms with Crippen LogP contribution in [0.15, 0.2) is 30.5 Å². The normalized spacial score (nSPS) is 17.5. The first-order valence-corrected chi connectivity index (χ1v) is 9.41. The van der Waals surface area contributed by atoms with Gasteiger partial charge in [0.2, 0.25) is 0 Å². The summed E-state index contributed by atoms with van der Waals surface area (Å²) < 4.78 is 1.64. The number of amides is 1. The van der Waals surface area contributed by atoms with E-state index in [4.69, 9.17) is 16.7 Å². The molecule has 0 aliphatic carbocycles. The van der Waals surface area contributed by atoms with Crippen LogP contribution in [0.3, 0.4) is 0 Å². The third-order valence-corrected chi connectivity index (χ3v) is 5.46. The van der Waals surface area contributed by atoms with E-state index >= 15 is 0 Å². The maximum Gasteiger partial charge on any atom is 0.305 e. The number of hydrogen-bond donors (Lipinski definition) is 1. The fourth-order valence-corrected chi connectivity index (χ4v) is 4.03. The zero-order valence-electron chi connectivity index (χ0n) is 13.7. The van der Waals surface area contributed by atoms with Crippen LogP contribution in [0.1, 0.15) is 22.5 Å². The molecule has 1 fully saturated rings. The highest BCUT2D eigenvalue weighted by atomic mass is 35.5. The number of carboxylic acids is 1. The molecule has 1 amide bonds. The average molecular weight is 380 g/mol. The molecule has 0 saturated carbocycles. The van der Waals surface area contributed by atoms with Crippen molar-refractivity contribution in [2.75, 3.05) is 18.1 Å². The van der Waals surface area contributed by atoms with Crippen LogP contribution in [0.4, 0.5) is 0 Å². The number of hydrogen-bond acceptors (Lipinski definition) is 4. The molecule has 0 bridgehead atoms. The quantitative estimate of drug-likeness (QED) is 0.884. The van der Waals surface area contributed by atoms with Crippen molar-refractivity contribution in [2.24, 2.45) is 0 Å². The highest BCUT2D eigenvalue weighted by molar-refractivity contribution is 7.99. The zero-order chi connectivity index (χ0) is 18.0. The van der Waals surface area contributed by atoms with Crippen molar-refractivity contribution in [1.29, 1.82) is 0 Å². The minimum absolute atomic E-state index is 0.0386. The van der Waals surface area contributed by atoms with Crippen LogP contribution >= 0.6 is 23.4 Å². The van der Waals surface area contributed by atoms with Gasteiger partial charge >= 0.3 is 5.97 Å². The summed E-state index contributed by atoms with van der Waals surface area (Å²) in [7, 11) is 0. The second-order valence-electron chi connectivity index (χ2n) is 5.87. The van der Waals surface area contributed by atoms with Crippen LogP contribution in [0, 0.1) is 6.92 Å². The second kappa shape index (κ2) is 7.49. The number of carbonyl (C=O) groups excluding carboxylic acids is 1. The van der Waals surface area contributed by atoms with Gasteiger partial charge in [0.05, 0.1) is 29.4 Å². The lowest BCUT2D eigenvalue weighted by Crippen LogP contribution is -2.47. The highest BCUT2D eigenvalue weighted by Crippen LogP contribution is 2.23. The Morgan fingerprint density at radius 2 is 2.08 bits per heavy atom. The molecular weight excluding hydrogens is 362 g/mol. The summed E-state index contributed by atoms with van der Waals surface area (Å²) in [5.41, 5.74) is 1.92. The summed E-state index contributed by atoms with van der Waals surface area (Å²) in [6.07, 6.45) is 1.66. The number of halogens is 1. The van der Waals surface area contributed by atoms with E-state index in [0.29, 0.717) is 28.6 Å². The third-order valence-electron chi connectivity index (χ3n) is 4.12. The van der Waals surface area contributed by atoms with Gasteiger partial charge < -0.3 is 10.0 Å². The number of aryl methyl sites for hydroxylation is 1. The fraction of sp³-hybridized carbons (Fsp3) is 0.353. The minimum Gasteiger partial charge on any atom is -0.481 e. The van der Waals surface area contributed by atoms with Gasteiger partial charge in [-0.3, -0.25) is 9.59 Å². The number of rotatable bonds is 4. The molecule has 3 rings (SSSR count). The fourth-order valence-electron chi connectivity index (χ4n) is 2.84. The van der Waals surface area contributed by atoms with Crippen molar-refractivity contribution in [3.8, 4) is 5.69 Å². The summed E-state index contributed by atoms with van der Waals surface area (Å²) in [5.74, 6) is 0.400. The van der Waals surface area contributed by atoms with Gasteiger partial charge in [-0.25, -0.2) is 4.68 Å². The Labute approximate surface area is 154 Å².